The molecule has 0 saturated carbocycles. The van der Waals surface area contributed by atoms with E-state index in [0.29, 0.717) is 32.4 Å². The third kappa shape index (κ3) is 3.83. The Kier molecular flexibility index (Phi) is 5.45. The number of aromatic nitrogens is 5. The molecule has 3 aromatic heterocycles. The summed E-state index contributed by atoms with van der Waals surface area (Å²) in [5.74, 6) is -1.79. The molecule has 0 spiro atoms. The molecule has 3 heterocycles. The van der Waals surface area contributed by atoms with Gasteiger partial charge in [0, 0.05) is 0 Å². The molecule has 168 valence electrons. The lowest BCUT2D eigenvalue weighted by atomic mass is 10.1. The number of H-pyrrole nitrogens is 1. The topological polar surface area (TPSA) is 167 Å². The normalized spacial score (nSPS) is 12.7. The summed E-state index contributed by atoms with van der Waals surface area (Å²) in [7, 11) is -4.73. The fourth-order valence-corrected chi connectivity index (χ4v) is 4.00. The van der Waals surface area contributed by atoms with Crippen molar-refractivity contribution in [2.75, 3.05) is 0 Å². The predicted molar refractivity (Wildman–Crippen MR) is 115 cm³/mol. The first-order chi connectivity index (χ1) is 15.0. The van der Waals surface area contributed by atoms with E-state index in [2.05, 4.69) is 25.4 Å². The number of hydrogen-bond donors (Lipinski definition) is 3. The van der Waals surface area contributed by atoms with E-state index in [1.807, 2.05) is 13.8 Å². The molecule has 0 saturated heterocycles. The molecule has 0 fully saturated rings. The van der Waals surface area contributed by atoms with E-state index in [4.69, 9.17) is 28.3 Å². The number of benzene rings is 1. The van der Waals surface area contributed by atoms with Crippen molar-refractivity contribution < 1.29 is 22.9 Å². The first kappa shape index (κ1) is 22.2. The van der Waals surface area contributed by atoms with Crippen molar-refractivity contribution in [3.63, 3.8) is 0 Å². The van der Waals surface area contributed by atoms with Gasteiger partial charge in [0.05, 0.1) is 33.0 Å². The van der Waals surface area contributed by atoms with E-state index in [9.17, 15) is 17.8 Å². The largest absolute Gasteiger partial charge is 0.480 e. The molecule has 32 heavy (non-hydrogen) atoms. The van der Waals surface area contributed by atoms with Gasteiger partial charge in [-0.15, -0.1) is 10.2 Å². The summed E-state index contributed by atoms with van der Waals surface area (Å²) < 4.78 is 35.3. The van der Waals surface area contributed by atoms with Crippen LogP contribution in [0.1, 0.15) is 25.5 Å². The minimum absolute atomic E-state index is 0.0616. The minimum Gasteiger partial charge on any atom is -0.480 e. The highest BCUT2D eigenvalue weighted by Crippen LogP contribution is 2.36. The maximum atomic E-state index is 11.7. The van der Waals surface area contributed by atoms with Crippen LogP contribution in [0.4, 0.5) is 11.5 Å². The van der Waals surface area contributed by atoms with Crippen LogP contribution in [0.15, 0.2) is 33.5 Å². The number of halogens is 2. The Hall–Kier alpha value is -3.00. The molecule has 4 aromatic rings. The summed E-state index contributed by atoms with van der Waals surface area (Å²) in [5, 5.41) is 24.6. The van der Waals surface area contributed by atoms with Gasteiger partial charge in [-0.2, -0.15) is 13.5 Å². The first-order valence-corrected chi connectivity index (χ1v) is 11.2. The molecule has 0 radical (unpaired) electrons. The van der Waals surface area contributed by atoms with Gasteiger partial charge in [-0.05, 0) is 18.1 Å². The van der Waals surface area contributed by atoms with Crippen LogP contribution in [0, 0.1) is 0 Å². The third-order valence-corrected chi connectivity index (χ3v) is 6.13. The van der Waals surface area contributed by atoms with E-state index < -0.39 is 33.3 Å². The number of carboxylic acid groups (broad SMARTS) is 1. The van der Waals surface area contributed by atoms with E-state index in [1.54, 1.807) is 16.6 Å². The fraction of sp³-hybridized carbons (Fsp3) is 0.235. The van der Waals surface area contributed by atoms with Crippen molar-refractivity contribution in [3.8, 4) is 0 Å². The molecular formula is C17H15Cl2N7O5S. The molecule has 0 aliphatic rings. The number of nitrogens with zero attached hydrogens (tertiary/aromatic N) is 6. The maximum Gasteiger partial charge on any atom is 0.325 e. The van der Waals surface area contributed by atoms with Gasteiger partial charge in [-0.3, -0.25) is 14.4 Å². The minimum atomic E-state index is -4.73. The van der Waals surface area contributed by atoms with Crippen LogP contribution >= 0.6 is 23.2 Å². The Labute approximate surface area is 190 Å². The SMILES string of the molecule is CC(C)c1[nH]n2c(nc3cc(Cl)c(Cl)cc32)c1N=Nc1c(S(=O)(=O)O)cnn1CC(=O)O. The van der Waals surface area contributed by atoms with Gasteiger partial charge in [-0.25, -0.2) is 14.2 Å². The van der Waals surface area contributed by atoms with Crippen molar-refractivity contribution in [2.24, 2.45) is 10.2 Å². The number of aliphatic carboxylic acids is 1. The lowest BCUT2D eigenvalue weighted by Gasteiger charge is -2.03. The molecule has 0 amide bonds. The van der Waals surface area contributed by atoms with E-state index in [-0.39, 0.29) is 11.6 Å². The summed E-state index contributed by atoms with van der Waals surface area (Å²) >= 11 is 12.2. The van der Waals surface area contributed by atoms with Crippen LogP contribution in [0.2, 0.25) is 10.0 Å². The van der Waals surface area contributed by atoms with Crippen LogP contribution in [0.5, 0.6) is 0 Å². The molecule has 0 aliphatic carbocycles. The predicted octanol–water partition coefficient (Wildman–Crippen LogP) is 4.19. The number of azo groups is 1. The number of carbonyl (C=O) groups is 1. The standard InChI is InChI=1S/C17H15Cl2N7O5S/c1-7(2)14-15(17-21-10-3-8(18)9(19)4-11(10)26(17)24-14)22-23-16-12(32(29,30)31)5-20-25(16)6-13(27)28/h3-5,7,24H,6H2,1-2H3,(H,27,28)(H,29,30,31). The fourth-order valence-electron chi connectivity index (χ4n) is 3.13. The zero-order chi connectivity index (χ0) is 23.4. The average Bonchev–Trinajstić information content (AvgIpc) is 3.32. The Morgan fingerprint density at radius 2 is 1.94 bits per heavy atom. The van der Waals surface area contributed by atoms with E-state index in [0.717, 1.165) is 10.9 Å². The van der Waals surface area contributed by atoms with Gasteiger partial charge in [0.1, 0.15) is 6.54 Å². The summed E-state index contributed by atoms with van der Waals surface area (Å²) in [6.45, 7) is 3.11. The van der Waals surface area contributed by atoms with Gasteiger partial charge >= 0.3 is 5.97 Å². The zero-order valence-electron chi connectivity index (χ0n) is 16.5. The zero-order valence-corrected chi connectivity index (χ0v) is 18.8. The number of hydrogen-bond acceptors (Lipinski definition) is 7. The van der Waals surface area contributed by atoms with Gasteiger partial charge in [0.15, 0.2) is 22.0 Å². The molecule has 15 heteroatoms. The molecule has 4 rings (SSSR count). The van der Waals surface area contributed by atoms with Gasteiger partial charge in [0.2, 0.25) is 0 Å². The quantitative estimate of drug-likeness (QED) is 0.263. The van der Waals surface area contributed by atoms with Gasteiger partial charge in [-0.1, -0.05) is 37.0 Å². The molecule has 0 atom stereocenters. The molecule has 12 nitrogen and oxygen atoms in total. The Morgan fingerprint density at radius 1 is 1.25 bits per heavy atom. The second-order valence-corrected chi connectivity index (χ2v) is 9.32. The van der Waals surface area contributed by atoms with Gasteiger partial charge in [0.25, 0.3) is 10.1 Å². The third-order valence-electron chi connectivity index (χ3n) is 4.56. The second-order valence-electron chi connectivity index (χ2n) is 7.11. The molecule has 0 unspecified atom stereocenters. The molecular weight excluding hydrogens is 485 g/mol. The first-order valence-electron chi connectivity index (χ1n) is 9.03. The van der Waals surface area contributed by atoms with Gasteiger partial charge < -0.3 is 5.11 Å². The Morgan fingerprint density at radius 3 is 2.56 bits per heavy atom. The average molecular weight is 500 g/mol. The molecule has 0 bridgehead atoms. The van der Waals surface area contributed by atoms with Crippen molar-refractivity contribution in [3.05, 3.63) is 34.1 Å². The Balaban J connectivity index is 1.93. The highest BCUT2D eigenvalue weighted by atomic mass is 35.5. The van der Waals surface area contributed by atoms with Crippen molar-refractivity contribution in [1.29, 1.82) is 0 Å². The summed E-state index contributed by atoms with van der Waals surface area (Å²) in [5.41, 5.74) is 2.44. The summed E-state index contributed by atoms with van der Waals surface area (Å²) in [4.78, 5) is 14.9. The second kappa shape index (κ2) is 7.85. The smallest absolute Gasteiger partial charge is 0.325 e. The number of nitrogens with one attached hydrogen (secondary N) is 1. The summed E-state index contributed by atoms with van der Waals surface area (Å²) in [6, 6.07) is 3.23. The number of rotatable bonds is 6. The number of carboxylic acids is 1. The molecule has 1 aromatic carbocycles. The van der Waals surface area contributed by atoms with E-state index >= 15 is 0 Å². The highest BCUT2D eigenvalue weighted by molar-refractivity contribution is 7.86. The lowest BCUT2D eigenvalue weighted by molar-refractivity contribution is -0.137. The maximum absolute atomic E-state index is 11.7. The van der Waals surface area contributed by atoms with Crippen LogP contribution in [0.25, 0.3) is 16.7 Å². The Bertz CT molecular complexity index is 1520. The number of aromatic amines is 1. The number of fused-ring (bicyclic) bond motifs is 3. The lowest BCUT2D eigenvalue weighted by Crippen LogP contribution is -2.10. The molecule has 0 aliphatic heterocycles. The van der Waals surface area contributed by atoms with Crippen molar-refractivity contribution in [2.45, 2.75) is 31.2 Å². The van der Waals surface area contributed by atoms with Crippen molar-refractivity contribution in [1.82, 2.24) is 24.4 Å². The van der Waals surface area contributed by atoms with Crippen LogP contribution < -0.4 is 0 Å². The van der Waals surface area contributed by atoms with E-state index in [1.165, 1.54) is 0 Å². The highest BCUT2D eigenvalue weighted by Gasteiger charge is 2.24. The van der Waals surface area contributed by atoms with Crippen molar-refractivity contribution >= 4 is 67.5 Å². The van der Waals surface area contributed by atoms with Crippen LogP contribution in [-0.2, 0) is 21.5 Å². The van der Waals surface area contributed by atoms with Crippen LogP contribution in [-0.4, -0.2) is 48.4 Å². The molecule has 3 N–H and O–H groups in total. The number of imidazole rings is 1. The van der Waals surface area contributed by atoms with Crippen LogP contribution in [0.3, 0.4) is 0 Å². The summed E-state index contributed by atoms with van der Waals surface area (Å²) in [6.07, 6.45) is 0.802. The monoisotopic (exact) mass is 499 g/mol.